The SMILES string of the molecule is NCC1CCCN(C2CC2)C1c1ccccn1. The van der Waals surface area contributed by atoms with Crippen LogP contribution in [0.5, 0.6) is 0 Å². The smallest absolute Gasteiger partial charge is 0.0578 e. The van der Waals surface area contributed by atoms with Crippen LogP contribution in [0.25, 0.3) is 0 Å². The topological polar surface area (TPSA) is 42.1 Å². The molecule has 2 heterocycles. The Morgan fingerprint density at radius 2 is 2.18 bits per heavy atom. The normalized spacial score (nSPS) is 30.4. The number of nitrogens with two attached hydrogens (primary N) is 1. The summed E-state index contributed by atoms with van der Waals surface area (Å²) in [6.45, 7) is 2.01. The van der Waals surface area contributed by atoms with Gasteiger partial charge < -0.3 is 5.73 Å². The van der Waals surface area contributed by atoms with Crippen molar-refractivity contribution in [2.24, 2.45) is 11.7 Å². The van der Waals surface area contributed by atoms with Crippen molar-refractivity contribution >= 4 is 0 Å². The second-order valence-corrected chi connectivity index (χ2v) is 5.31. The zero-order valence-corrected chi connectivity index (χ0v) is 10.3. The molecule has 2 atom stereocenters. The van der Waals surface area contributed by atoms with Crippen LogP contribution in [0.4, 0.5) is 0 Å². The van der Waals surface area contributed by atoms with Gasteiger partial charge in [-0.2, -0.15) is 0 Å². The second-order valence-electron chi connectivity index (χ2n) is 5.31. The van der Waals surface area contributed by atoms with E-state index in [-0.39, 0.29) is 0 Å². The predicted molar refractivity (Wildman–Crippen MR) is 68.5 cm³/mol. The molecule has 1 aliphatic carbocycles. The number of pyridine rings is 1. The summed E-state index contributed by atoms with van der Waals surface area (Å²) < 4.78 is 0. The van der Waals surface area contributed by atoms with Gasteiger partial charge in [0.05, 0.1) is 11.7 Å². The number of nitrogens with zero attached hydrogens (tertiary/aromatic N) is 2. The molecule has 1 aromatic heterocycles. The molecule has 0 radical (unpaired) electrons. The number of piperidine rings is 1. The van der Waals surface area contributed by atoms with Crippen LogP contribution in [-0.4, -0.2) is 29.0 Å². The van der Waals surface area contributed by atoms with Gasteiger partial charge in [0.25, 0.3) is 0 Å². The van der Waals surface area contributed by atoms with Gasteiger partial charge in [0.1, 0.15) is 0 Å². The van der Waals surface area contributed by atoms with Crippen molar-refractivity contribution in [3.63, 3.8) is 0 Å². The summed E-state index contributed by atoms with van der Waals surface area (Å²) in [4.78, 5) is 7.22. The van der Waals surface area contributed by atoms with Crippen LogP contribution in [0.15, 0.2) is 24.4 Å². The van der Waals surface area contributed by atoms with Crippen molar-refractivity contribution in [3.05, 3.63) is 30.1 Å². The molecule has 2 fully saturated rings. The first kappa shape index (κ1) is 11.2. The minimum atomic E-state index is 0.461. The van der Waals surface area contributed by atoms with Gasteiger partial charge in [0, 0.05) is 12.2 Å². The van der Waals surface area contributed by atoms with Crippen LogP contribution in [0.2, 0.25) is 0 Å². The average molecular weight is 231 g/mol. The average Bonchev–Trinajstić information content (AvgIpc) is 3.23. The lowest BCUT2D eigenvalue weighted by molar-refractivity contribution is 0.0850. The quantitative estimate of drug-likeness (QED) is 0.864. The molecule has 2 unspecified atom stereocenters. The molecule has 0 spiro atoms. The number of likely N-dealkylation sites (tertiary alicyclic amines) is 1. The summed E-state index contributed by atoms with van der Waals surface area (Å²) in [6, 6.07) is 7.51. The Labute approximate surface area is 103 Å². The summed E-state index contributed by atoms with van der Waals surface area (Å²) in [6.07, 6.45) is 7.17. The van der Waals surface area contributed by atoms with E-state index >= 15 is 0 Å². The van der Waals surface area contributed by atoms with E-state index < -0.39 is 0 Å². The maximum absolute atomic E-state index is 5.96. The molecule has 3 heteroatoms. The van der Waals surface area contributed by atoms with Crippen LogP contribution in [-0.2, 0) is 0 Å². The molecule has 0 amide bonds. The van der Waals surface area contributed by atoms with E-state index in [9.17, 15) is 0 Å². The number of hydrogen-bond donors (Lipinski definition) is 1. The summed E-state index contributed by atoms with van der Waals surface area (Å²) in [5.74, 6) is 0.583. The molecule has 0 aromatic carbocycles. The summed E-state index contributed by atoms with van der Waals surface area (Å²) in [5.41, 5.74) is 7.18. The van der Waals surface area contributed by atoms with E-state index in [1.807, 2.05) is 12.3 Å². The molecule has 92 valence electrons. The van der Waals surface area contributed by atoms with Crippen molar-refractivity contribution in [2.45, 2.75) is 37.8 Å². The third-order valence-electron chi connectivity index (χ3n) is 4.10. The summed E-state index contributed by atoms with van der Waals surface area (Å²) in [5, 5.41) is 0. The minimum Gasteiger partial charge on any atom is -0.330 e. The first-order chi connectivity index (χ1) is 8.40. The lowest BCUT2D eigenvalue weighted by Gasteiger charge is -2.41. The predicted octanol–water partition coefficient (Wildman–Crippen LogP) is 1.96. The lowest BCUT2D eigenvalue weighted by Crippen LogP contribution is -2.43. The van der Waals surface area contributed by atoms with Crippen LogP contribution in [0.1, 0.15) is 37.4 Å². The van der Waals surface area contributed by atoms with Crippen LogP contribution in [0.3, 0.4) is 0 Å². The van der Waals surface area contributed by atoms with E-state index in [0.717, 1.165) is 12.6 Å². The van der Waals surface area contributed by atoms with Gasteiger partial charge in [0.15, 0.2) is 0 Å². The monoisotopic (exact) mass is 231 g/mol. The van der Waals surface area contributed by atoms with E-state index in [4.69, 9.17) is 5.73 Å². The molecule has 17 heavy (non-hydrogen) atoms. The standard InChI is InChI=1S/C14H21N3/c15-10-11-4-3-9-17(12-6-7-12)14(11)13-5-1-2-8-16-13/h1-2,5,8,11-12,14H,3-4,6-7,9-10,15H2. The van der Waals surface area contributed by atoms with Crippen molar-refractivity contribution in [1.29, 1.82) is 0 Å². The summed E-state index contributed by atoms with van der Waals surface area (Å²) >= 11 is 0. The molecule has 1 saturated heterocycles. The van der Waals surface area contributed by atoms with Crippen molar-refractivity contribution in [3.8, 4) is 0 Å². The number of rotatable bonds is 3. The fourth-order valence-corrected chi connectivity index (χ4v) is 3.13. The maximum Gasteiger partial charge on any atom is 0.0578 e. The van der Waals surface area contributed by atoms with Gasteiger partial charge in [-0.25, -0.2) is 0 Å². The fourth-order valence-electron chi connectivity index (χ4n) is 3.13. The highest BCUT2D eigenvalue weighted by atomic mass is 15.2. The molecule has 0 bridgehead atoms. The zero-order valence-electron chi connectivity index (χ0n) is 10.3. The molecule has 3 nitrogen and oxygen atoms in total. The highest BCUT2D eigenvalue weighted by Gasteiger charge is 2.40. The van der Waals surface area contributed by atoms with Crippen LogP contribution >= 0.6 is 0 Å². The van der Waals surface area contributed by atoms with Crippen molar-refractivity contribution in [1.82, 2.24) is 9.88 Å². The molecule has 2 N–H and O–H groups in total. The molecule has 1 aliphatic heterocycles. The third-order valence-corrected chi connectivity index (χ3v) is 4.10. The Bertz CT molecular complexity index is 361. The molecule has 2 aliphatic rings. The van der Waals surface area contributed by atoms with Crippen LogP contribution in [0, 0.1) is 5.92 Å². The first-order valence-corrected chi connectivity index (χ1v) is 6.77. The van der Waals surface area contributed by atoms with Gasteiger partial charge in [0.2, 0.25) is 0 Å². The lowest BCUT2D eigenvalue weighted by atomic mass is 9.86. The largest absolute Gasteiger partial charge is 0.330 e. The molecular weight excluding hydrogens is 210 g/mol. The van der Waals surface area contributed by atoms with Gasteiger partial charge in [-0.1, -0.05) is 6.07 Å². The molecule has 3 rings (SSSR count). The Kier molecular flexibility index (Phi) is 3.12. The van der Waals surface area contributed by atoms with Crippen LogP contribution < -0.4 is 5.73 Å². The Morgan fingerprint density at radius 3 is 2.82 bits per heavy atom. The summed E-state index contributed by atoms with van der Waals surface area (Å²) in [7, 11) is 0. The molecule has 1 aromatic rings. The van der Waals surface area contributed by atoms with Crippen molar-refractivity contribution in [2.75, 3.05) is 13.1 Å². The minimum absolute atomic E-state index is 0.461. The Morgan fingerprint density at radius 1 is 1.29 bits per heavy atom. The Hall–Kier alpha value is -0.930. The fraction of sp³-hybridized carbons (Fsp3) is 0.643. The van der Waals surface area contributed by atoms with Crippen molar-refractivity contribution < 1.29 is 0 Å². The highest BCUT2D eigenvalue weighted by molar-refractivity contribution is 5.13. The van der Waals surface area contributed by atoms with E-state index in [1.54, 1.807) is 0 Å². The van der Waals surface area contributed by atoms with Gasteiger partial charge in [-0.3, -0.25) is 9.88 Å². The van der Waals surface area contributed by atoms with Gasteiger partial charge in [-0.05, 0) is 56.8 Å². The second kappa shape index (κ2) is 4.75. The highest BCUT2D eigenvalue weighted by Crippen LogP contribution is 2.41. The van der Waals surface area contributed by atoms with Gasteiger partial charge in [-0.15, -0.1) is 0 Å². The number of aromatic nitrogens is 1. The number of hydrogen-bond acceptors (Lipinski definition) is 3. The van der Waals surface area contributed by atoms with Gasteiger partial charge >= 0.3 is 0 Å². The maximum atomic E-state index is 5.96. The third kappa shape index (κ3) is 2.22. The Balaban J connectivity index is 1.88. The van der Waals surface area contributed by atoms with E-state index in [2.05, 4.69) is 22.0 Å². The zero-order chi connectivity index (χ0) is 11.7. The molecular formula is C14H21N3. The first-order valence-electron chi connectivity index (χ1n) is 6.77. The van der Waals surface area contributed by atoms with E-state index in [1.165, 1.54) is 37.9 Å². The molecule has 1 saturated carbocycles. The van der Waals surface area contributed by atoms with E-state index in [0.29, 0.717) is 12.0 Å².